The SMILES string of the molecule is Cc1nn(C)c2ncc(CNC3CCCC3)cc12. The highest BCUT2D eigenvalue weighted by Crippen LogP contribution is 2.19. The Balaban J connectivity index is 1.78. The fraction of sp³-hybridized carbons (Fsp3) is 0.571. The number of pyridine rings is 1. The Hall–Kier alpha value is -1.42. The van der Waals surface area contributed by atoms with Gasteiger partial charge in [0.05, 0.1) is 5.69 Å². The molecule has 0 spiro atoms. The number of nitrogens with zero attached hydrogens (tertiary/aromatic N) is 3. The number of rotatable bonds is 3. The lowest BCUT2D eigenvalue weighted by Gasteiger charge is -2.11. The molecule has 0 radical (unpaired) electrons. The van der Waals surface area contributed by atoms with Crippen molar-refractivity contribution in [2.45, 2.75) is 45.2 Å². The molecule has 1 saturated carbocycles. The van der Waals surface area contributed by atoms with Gasteiger partial charge in [0.15, 0.2) is 5.65 Å². The highest BCUT2D eigenvalue weighted by atomic mass is 15.3. The molecule has 2 heterocycles. The van der Waals surface area contributed by atoms with Crippen LogP contribution >= 0.6 is 0 Å². The van der Waals surface area contributed by atoms with Gasteiger partial charge in [-0.25, -0.2) is 4.98 Å². The van der Waals surface area contributed by atoms with Crippen molar-refractivity contribution >= 4 is 11.0 Å². The summed E-state index contributed by atoms with van der Waals surface area (Å²) in [7, 11) is 1.94. The monoisotopic (exact) mass is 244 g/mol. The van der Waals surface area contributed by atoms with E-state index >= 15 is 0 Å². The number of hydrogen-bond donors (Lipinski definition) is 1. The molecule has 1 aliphatic rings. The van der Waals surface area contributed by atoms with Gasteiger partial charge >= 0.3 is 0 Å². The van der Waals surface area contributed by atoms with Gasteiger partial charge in [-0.1, -0.05) is 12.8 Å². The minimum absolute atomic E-state index is 0.704. The van der Waals surface area contributed by atoms with Gasteiger partial charge in [0.25, 0.3) is 0 Å². The summed E-state index contributed by atoms with van der Waals surface area (Å²) in [5.74, 6) is 0. The quantitative estimate of drug-likeness (QED) is 0.901. The van der Waals surface area contributed by atoms with Gasteiger partial charge in [0.2, 0.25) is 0 Å². The summed E-state index contributed by atoms with van der Waals surface area (Å²) in [4.78, 5) is 4.51. The van der Waals surface area contributed by atoms with E-state index in [1.807, 2.05) is 24.9 Å². The smallest absolute Gasteiger partial charge is 0.157 e. The largest absolute Gasteiger partial charge is 0.310 e. The van der Waals surface area contributed by atoms with E-state index in [0.29, 0.717) is 6.04 Å². The normalized spacial score (nSPS) is 16.8. The molecular formula is C14H20N4. The molecule has 1 fully saturated rings. The third kappa shape index (κ3) is 2.12. The molecule has 0 aromatic carbocycles. The summed E-state index contributed by atoms with van der Waals surface area (Å²) in [6, 6.07) is 2.92. The first kappa shape index (κ1) is 11.7. The zero-order valence-electron chi connectivity index (χ0n) is 11.1. The second-order valence-corrected chi connectivity index (χ2v) is 5.29. The maximum Gasteiger partial charge on any atom is 0.157 e. The third-order valence-corrected chi connectivity index (χ3v) is 3.87. The zero-order valence-corrected chi connectivity index (χ0v) is 11.1. The zero-order chi connectivity index (χ0) is 12.5. The second kappa shape index (κ2) is 4.69. The van der Waals surface area contributed by atoms with Gasteiger partial charge in [-0.05, 0) is 31.4 Å². The minimum Gasteiger partial charge on any atom is -0.310 e. The standard InChI is InChI=1S/C14H20N4/c1-10-13-7-11(8-15-12-5-3-4-6-12)9-16-14(13)18(2)17-10/h7,9,12,15H,3-6,8H2,1-2H3. The number of hydrogen-bond acceptors (Lipinski definition) is 3. The van der Waals surface area contributed by atoms with Crippen LogP contribution in [0.5, 0.6) is 0 Å². The van der Waals surface area contributed by atoms with Gasteiger partial charge in [-0.3, -0.25) is 4.68 Å². The van der Waals surface area contributed by atoms with Crippen LogP contribution < -0.4 is 5.32 Å². The van der Waals surface area contributed by atoms with Crippen LogP contribution in [0, 0.1) is 6.92 Å². The Morgan fingerprint density at radius 3 is 2.94 bits per heavy atom. The summed E-state index contributed by atoms with van der Waals surface area (Å²) >= 11 is 0. The van der Waals surface area contributed by atoms with Crippen molar-refractivity contribution in [2.24, 2.45) is 7.05 Å². The fourth-order valence-electron chi connectivity index (χ4n) is 2.84. The molecule has 1 N–H and O–H groups in total. The molecule has 3 rings (SSSR count). The first-order valence-electron chi connectivity index (χ1n) is 6.75. The van der Waals surface area contributed by atoms with Gasteiger partial charge < -0.3 is 5.32 Å². The van der Waals surface area contributed by atoms with Gasteiger partial charge in [0.1, 0.15) is 0 Å². The van der Waals surface area contributed by atoms with Gasteiger partial charge in [0, 0.05) is 31.2 Å². The lowest BCUT2D eigenvalue weighted by atomic mass is 10.2. The maximum atomic E-state index is 4.51. The van der Waals surface area contributed by atoms with Crippen LogP contribution in [0.15, 0.2) is 12.3 Å². The fourth-order valence-corrected chi connectivity index (χ4v) is 2.84. The first-order chi connectivity index (χ1) is 8.74. The summed E-state index contributed by atoms with van der Waals surface area (Å²) < 4.78 is 1.85. The van der Waals surface area contributed by atoms with E-state index in [-0.39, 0.29) is 0 Å². The van der Waals surface area contributed by atoms with Crippen molar-refractivity contribution in [3.8, 4) is 0 Å². The highest BCUT2D eigenvalue weighted by Gasteiger charge is 2.14. The molecular weight excluding hydrogens is 224 g/mol. The molecule has 0 amide bonds. The predicted molar refractivity (Wildman–Crippen MR) is 72.3 cm³/mol. The molecule has 2 aromatic rings. The molecule has 18 heavy (non-hydrogen) atoms. The van der Waals surface area contributed by atoms with Crippen LogP contribution in [0.3, 0.4) is 0 Å². The van der Waals surface area contributed by atoms with E-state index in [1.54, 1.807) is 0 Å². The second-order valence-electron chi connectivity index (χ2n) is 5.29. The van der Waals surface area contributed by atoms with Crippen LogP contribution in [0.2, 0.25) is 0 Å². The molecule has 96 valence electrons. The van der Waals surface area contributed by atoms with Gasteiger partial charge in [-0.15, -0.1) is 0 Å². The van der Waals surface area contributed by atoms with Crippen molar-refractivity contribution < 1.29 is 0 Å². The Bertz CT molecular complexity index is 552. The lowest BCUT2D eigenvalue weighted by Crippen LogP contribution is -2.25. The lowest BCUT2D eigenvalue weighted by molar-refractivity contribution is 0.524. The van der Waals surface area contributed by atoms with E-state index in [0.717, 1.165) is 17.9 Å². The first-order valence-corrected chi connectivity index (χ1v) is 6.75. The molecule has 0 aliphatic heterocycles. The van der Waals surface area contributed by atoms with Crippen LogP contribution in [0.1, 0.15) is 36.9 Å². The Kier molecular flexibility index (Phi) is 3.04. The van der Waals surface area contributed by atoms with E-state index in [9.17, 15) is 0 Å². The molecule has 4 heteroatoms. The van der Waals surface area contributed by atoms with E-state index < -0.39 is 0 Å². The number of fused-ring (bicyclic) bond motifs is 1. The average molecular weight is 244 g/mol. The highest BCUT2D eigenvalue weighted by molar-refractivity contribution is 5.78. The van der Waals surface area contributed by atoms with E-state index in [4.69, 9.17) is 0 Å². The Morgan fingerprint density at radius 2 is 2.17 bits per heavy atom. The molecule has 0 saturated heterocycles. The predicted octanol–water partition coefficient (Wildman–Crippen LogP) is 2.31. The molecule has 0 bridgehead atoms. The van der Waals surface area contributed by atoms with Crippen LogP contribution in [-0.2, 0) is 13.6 Å². The average Bonchev–Trinajstić information content (AvgIpc) is 2.97. The van der Waals surface area contributed by atoms with Crippen molar-refractivity contribution in [3.63, 3.8) is 0 Å². The maximum absolute atomic E-state index is 4.51. The summed E-state index contributed by atoms with van der Waals surface area (Å²) in [6.07, 6.45) is 7.35. The number of aryl methyl sites for hydroxylation is 2. The van der Waals surface area contributed by atoms with Crippen molar-refractivity contribution in [3.05, 3.63) is 23.5 Å². The van der Waals surface area contributed by atoms with Crippen LogP contribution in [-0.4, -0.2) is 20.8 Å². The minimum atomic E-state index is 0.704. The summed E-state index contributed by atoms with van der Waals surface area (Å²) in [6.45, 7) is 2.96. The molecule has 2 aromatic heterocycles. The topological polar surface area (TPSA) is 42.7 Å². The van der Waals surface area contributed by atoms with E-state index in [1.165, 1.54) is 36.6 Å². The van der Waals surface area contributed by atoms with Crippen LogP contribution in [0.25, 0.3) is 11.0 Å². The Labute approximate surface area is 107 Å². The van der Waals surface area contributed by atoms with Crippen molar-refractivity contribution in [1.82, 2.24) is 20.1 Å². The van der Waals surface area contributed by atoms with Crippen molar-refractivity contribution in [1.29, 1.82) is 0 Å². The third-order valence-electron chi connectivity index (χ3n) is 3.87. The molecule has 4 nitrogen and oxygen atoms in total. The molecule has 1 aliphatic carbocycles. The molecule has 0 atom stereocenters. The molecule has 0 unspecified atom stereocenters. The Morgan fingerprint density at radius 1 is 1.39 bits per heavy atom. The van der Waals surface area contributed by atoms with E-state index in [2.05, 4.69) is 21.5 Å². The van der Waals surface area contributed by atoms with Crippen molar-refractivity contribution in [2.75, 3.05) is 0 Å². The van der Waals surface area contributed by atoms with Gasteiger partial charge in [-0.2, -0.15) is 5.10 Å². The number of aromatic nitrogens is 3. The summed E-state index contributed by atoms with van der Waals surface area (Å²) in [5.41, 5.74) is 3.28. The van der Waals surface area contributed by atoms with Crippen LogP contribution in [0.4, 0.5) is 0 Å². The summed E-state index contributed by atoms with van der Waals surface area (Å²) in [5, 5.41) is 9.19. The number of nitrogens with one attached hydrogen (secondary N) is 1.